The number of amides is 2. The lowest BCUT2D eigenvalue weighted by atomic mass is 10.2. The zero-order valence-corrected chi connectivity index (χ0v) is 21.5. The van der Waals surface area contributed by atoms with Crippen LogP contribution in [-0.2, 0) is 12.3 Å². The highest BCUT2D eigenvalue weighted by Gasteiger charge is 2.17. The van der Waals surface area contributed by atoms with Crippen LogP contribution in [0.1, 0.15) is 11.4 Å². The second-order valence-electron chi connectivity index (χ2n) is 7.46. The van der Waals surface area contributed by atoms with Crippen molar-refractivity contribution in [2.45, 2.75) is 17.5 Å². The van der Waals surface area contributed by atoms with Gasteiger partial charge in [0.2, 0.25) is 0 Å². The number of non-ortho nitro benzene ring substituents is 1. The van der Waals surface area contributed by atoms with E-state index >= 15 is 0 Å². The second-order valence-corrected chi connectivity index (χ2v) is 9.32. The Hall–Kier alpha value is -3.90. The van der Waals surface area contributed by atoms with E-state index in [1.807, 2.05) is 36.4 Å². The van der Waals surface area contributed by atoms with E-state index in [1.54, 1.807) is 35.9 Å². The Kier molecular flexibility index (Phi) is 8.18. The number of nitrogens with one attached hydrogen (secondary N) is 2. The van der Waals surface area contributed by atoms with Gasteiger partial charge in [-0.1, -0.05) is 39.8 Å². The molecule has 12 heteroatoms. The predicted octanol–water partition coefficient (Wildman–Crippen LogP) is 5.56. The van der Waals surface area contributed by atoms with Gasteiger partial charge in [-0.2, -0.15) is 0 Å². The van der Waals surface area contributed by atoms with Gasteiger partial charge in [0.25, 0.3) is 5.69 Å². The summed E-state index contributed by atoms with van der Waals surface area (Å²) in [6, 6.07) is 20.6. The van der Waals surface area contributed by atoms with Crippen molar-refractivity contribution in [3.05, 3.63) is 98.8 Å². The molecule has 0 bridgehead atoms. The van der Waals surface area contributed by atoms with Gasteiger partial charge in [-0.25, -0.2) is 4.79 Å². The highest BCUT2D eigenvalue weighted by Crippen LogP contribution is 2.27. The van der Waals surface area contributed by atoms with E-state index in [9.17, 15) is 14.9 Å². The van der Waals surface area contributed by atoms with Crippen molar-refractivity contribution in [3.8, 4) is 11.4 Å². The van der Waals surface area contributed by atoms with E-state index < -0.39 is 11.0 Å². The number of nitrogens with zero attached hydrogens (tertiary/aromatic N) is 4. The Morgan fingerprint density at radius 2 is 1.86 bits per heavy atom. The van der Waals surface area contributed by atoms with E-state index in [4.69, 9.17) is 4.74 Å². The molecule has 184 valence electrons. The van der Waals surface area contributed by atoms with Crippen LogP contribution in [0.15, 0.2) is 82.4 Å². The molecule has 2 amide bonds. The minimum absolute atomic E-state index is 0.0223. The average Bonchev–Trinajstić information content (AvgIpc) is 3.30. The Morgan fingerprint density at radius 3 is 2.56 bits per heavy atom. The molecule has 0 spiro atoms. The summed E-state index contributed by atoms with van der Waals surface area (Å²) < 4.78 is 7.97. The fourth-order valence-electron chi connectivity index (χ4n) is 3.27. The fourth-order valence-corrected chi connectivity index (χ4v) is 4.45. The number of nitro benzene ring substituents is 1. The Bertz CT molecular complexity index is 1360. The van der Waals surface area contributed by atoms with Crippen LogP contribution in [0, 0.1) is 10.1 Å². The van der Waals surface area contributed by atoms with E-state index in [1.165, 1.54) is 23.9 Å². The van der Waals surface area contributed by atoms with Gasteiger partial charge in [-0.3, -0.25) is 14.7 Å². The standard InChI is InChI=1S/C24H21BrN6O4S/c1-35-21-4-2-3-16(13-21)15-36-24-29-28-22(30(24)19-9-11-20(12-10-19)31(33)34)14-26-23(32)27-18-7-5-17(25)6-8-18/h2-13H,14-15H2,1H3,(H2,26,27,32). The topological polar surface area (TPSA) is 124 Å². The number of rotatable bonds is 9. The van der Waals surface area contributed by atoms with E-state index in [-0.39, 0.29) is 12.2 Å². The van der Waals surface area contributed by atoms with E-state index in [0.29, 0.717) is 28.1 Å². The molecule has 10 nitrogen and oxygen atoms in total. The predicted molar refractivity (Wildman–Crippen MR) is 141 cm³/mol. The van der Waals surface area contributed by atoms with E-state index in [2.05, 4.69) is 36.8 Å². The van der Waals surface area contributed by atoms with Gasteiger partial charge < -0.3 is 15.4 Å². The minimum atomic E-state index is -0.455. The molecule has 0 atom stereocenters. The number of carbonyl (C=O) groups excluding carboxylic acids is 1. The number of hydrogen-bond acceptors (Lipinski definition) is 7. The molecule has 4 aromatic rings. The summed E-state index contributed by atoms with van der Waals surface area (Å²) in [7, 11) is 1.61. The van der Waals surface area contributed by atoms with Crippen LogP contribution >= 0.6 is 27.7 Å². The summed E-state index contributed by atoms with van der Waals surface area (Å²) in [6.45, 7) is 0.0894. The Labute approximate surface area is 219 Å². The van der Waals surface area contributed by atoms with Crippen LogP contribution < -0.4 is 15.4 Å². The molecule has 2 N–H and O–H groups in total. The minimum Gasteiger partial charge on any atom is -0.497 e. The van der Waals surface area contributed by atoms with Crippen molar-refractivity contribution < 1.29 is 14.5 Å². The van der Waals surface area contributed by atoms with Crippen molar-refractivity contribution in [2.24, 2.45) is 0 Å². The first-order valence-corrected chi connectivity index (χ1v) is 12.5. The molecule has 0 radical (unpaired) electrons. The van der Waals surface area contributed by atoms with E-state index in [0.717, 1.165) is 15.8 Å². The number of anilines is 1. The number of methoxy groups -OCH3 is 1. The molecule has 36 heavy (non-hydrogen) atoms. The molecular weight excluding hydrogens is 548 g/mol. The first-order valence-electron chi connectivity index (χ1n) is 10.7. The molecule has 0 unspecified atom stereocenters. The molecule has 0 saturated heterocycles. The van der Waals surface area contributed by atoms with Crippen LogP contribution in [0.5, 0.6) is 5.75 Å². The lowest BCUT2D eigenvalue weighted by molar-refractivity contribution is -0.384. The van der Waals surface area contributed by atoms with Gasteiger partial charge in [0, 0.05) is 33.7 Å². The average molecular weight is 569 g/mol. The molecule has 0 aliphatic heterocycles. The summed E-state index contributed by atoms with van der Waals surface area (Å²) in [5.41, 5.74) is 2.29. The molecule has 0 aliphatic rings. The van der Waals surface area contributed by atoms with Crippen molar-refractivity contribution >= 4 is 45.1 Å². The fraction of sp³-hybridized carbons (Fsp3) is 0.125. The van der Waals surface area contributed by atoms with Crippen molar-refractivity contribution in [1.82, 2.24) is 20.1 Å². The van der Waals surface area contributed by atoms with Crippen LogP contribution in [0.3, 0.4) is 0 Å². The number of carbonyl (C=O) groups is 1. The lowest BCUT2D eigenvalue weighted by Crippen LogP contribution is -2.29. The van der Waals surface area contributed by atoms with Gasteiger partial charge in [-0.05, 0) is 54.1 Å². The van der Waals surface area contributed by atoms with Gasteiger partial charge >= 0.3 is 6.03 Å². The maximum absolute atomic E-state index is 12.4. The smallest absolute Gasteiger partial charge is 0.319 e. The maximum atomic E-state index is 12.4. The number of nitro groups is 1. The third-order valence-corrected chi connectivity index (χ3v) is 6.56. The monoisotopic (exact) mass is 568 g/mol. The highest BCUT2D eigenvalue weighted by molar-refractivity contribution is 9.10. The normalized spacial score (nSPS) is 10.6. The maximum Gasteiger partial charge on any atom is 0.319 e. The van der Waals surface area contributed by atoms with Crippen molar-refractivity contribution in [3.63, 3.8) is 0 Å². The molecule has 0 aliphatic carbocycles. The lowest BCUT2D eigenvalue weighted by Gasteiger charge is -2.12. The number of urea groups is 1. The Morgan fingerprint density at radius 1 is 1.11 bits per heavy atom. The molecule has 1 aromatic heterocycles. The molecule has 3 aromatic carbocycles. The highest BCUT2D eigenvalue weighted by atomic mass is 79.9. The summed E-state index contributed by atoms with van der Waals surface area (Å²) in [6.07, 6.45) is 0. The third-order valence-electron chi connectivity index (χ3n) is 5.03. The largest absolute Gasteiger partial charge is 0.497 e. The molecule has 0 saturated carbocycles. The van der Waals surface area contributed by atoms with Crippen LogP contribution in [0.25, 0.3) is 5.69 Å². The quantitative estimate of drug-likeness (QED) is 0.154. The second kappa shape index (κ2) is 11.7. The number of halogens is 1. The number of aromatic nitrogens is 3. The molecular formula is C24H21BrN6O4S. The number of ether oxygens (including phenoxy) is 1. The summed E-state index contributed by atoms with van der Waals surface area (Å²) >= 11 is 4.81. The van der Waals surface area contributed by atoms with Gasteiger partial charge in [0.1, 0.15) is 5.75 Å². The van der Waals surface area contributed by atoms with Crippen molar-refractivity contribution in [2.75, 3.05) is 12.4 Å². The van der Waals surface area contributed by atoms with Crippen LogP contribution in [0.4, 0.5) is 16.2 Å². The van der Waals surface area contributed by atoms with Crippen molar-refractivity contribution in [1.29, 1.82) is 0 Å². The molecule has 1 heterocycles. The number of thioether (sulfide) groups is 1. The Balaban J connectivity index is 1.54. The SMILES string of the molecule is COc1cccc(CSc2nnc(CNC(=O)Nc3ccc(Br)cc3)n2-c2ccc([N+](=O)[O-])cc2)c1. The third kappa shape index (κ3) is 6.40. The summed E-state index contributed by atoms with van der Waals surface area (Å²) in [5.74, 6) is 1.83. The summed E-state index contributed by atoms with van der Waals surface area (Å²) in [5, 5.41) is 25.8. The van der Waals surface area contributed by atoms with Crippen LogP contribution in [0.2, 0.25) is 0 Å². The molecule has 0 fully saturated rings. The zero-order valence-electron chi connectivity index (χ0n) is 19.1. The number of benzene rings is 3. The van der Waals surface area contributed by atoms with Gasteiger partial charge in [-0.15, -0.1) is 10.2 Å². The summed E-state index contributed by atoms with van der Waals surface area (Å²) in [4.78, 5) is 23.1. The van der Waals surface area contributed by atoms with Crippen LogP contribution in [-0.4, -0.2) is 32.8 Å². The van der Waals surface area contributed by atoms with Gasteiger partial charge in [0.15, 0.2) is 11.0 Å². The zero-order chi connectivity index (χ0) is 25.5. The first-order chi connectivity index (χ1) is 17.4. The van der Waals surface area contributed by atoms with Gasteiger partial charge in [0.05, 0.1) is 18.6 Å². The number of hydrogen-bond donors (Lipinski definition) is 2. The first kappa shape index (κ1) is 25.2. The molecule has 4 rings (SSSR count).